The van der Waals surface area contributed by atoms with Crippen LogP contribution in [0, 0.1) is 11.3 Å². The molecule has 6 nitrogen and oxygen atoms in total. The molecule has 0 unspecified atom stereocenters. The summed E-state index contributed by atoms with van der Waals surface area (Å²) in [7, 11) is 0. The highest BCUT2D eigenvalue weighted by Crippen LogP contribution is 2.24. The minimum atomic E-state index is 0.0386. The molecule has 1 fully saturated rings. The molecule has 1 saturated heterocycles. The van der Waals surface area contributed by atoms with Gasteiger partial charge in [0, 0.05) is 62.5 Å². The number of hydrogen-bond acceptors (Lipinski definition) is 5. The second kappa shape index (κ2) is 8.46. The molecule has 0 saturated carbocycles. The average molecular weight is 388 g/mol. The number of fused-ring (bicyclic) bond motifs is 1. The average Bonchev–Trinajstić information content (AvgIpc) is 2.77. The summed E-state index contributed by atoms with van der Waals surface area (Å²) in [5.41, 5.74) is 4.43. The summed E-state index contributed by atoms with van der Waals surface area (Å²) in [5.74, 6) is 0.191. The van der Waals surface area contributed by atoms with E-state index in [1.807, 2.05) is 42.5 Å². The van der Waals surface area contributed by atoms with E-state index < -0.39 is 0 Å². The van der Waals surface area contributed by atoms with Crippen molar-refractivity contribution in [3.63, 3.8) is 0 Å². The maximum absolute atomic E-state index is 12.6. The minimum absolute atomic E-state index is 0.0386. The van der Waals surface area contributed by atoms with Gasteiger partial charge >= 0.3 is 0 Å². The first-order chi connectivity index (χ1) is 14.1. The molecule has 2 heterocycles. The van der Waals surface area contributed by atoms with Gasteiger partial charge in [-0.05, 0) is 54.4 Å². The Hall–Kier alpha value is -3.17. The van der Waals surface area contributed by atoms with Crippen LogP contribution in [0.5, 0.6) is 0 Å². The molecule has 148 valence electrons. The molecule has 2 aromatic carbocycles. The molecule has 0 spiro atoms. The Balaban J connectivity index is 1.27. The SMILES string of the molecule is N#Cc1ccc(N2CCN(CCC(=O)c3ccc4c(c3)CCC(=O)N4)CC2)cc1. The number of nitrogens with one attached hydrogen (secondary N) is 1. The topological polar surface area (TPSA) is 76.4 Å². The molecule has 2 aliphatic heterocycles. The highest BCUT2D eigenvalue weighted by atomic mass is 16.1. The predicted octanol–water partition coefficient (Wildman–Crippen LogP) is 2.84. The summed E-state index contributed by atoms with van der Waals surface area (Å²) in [6, 6.07) is 15.4. The van der Waals surface area contributed by atoms with Gasteiger partial charge in [0.25, 0.3) is 0 Å². The van der Waals surface area contributed by atoms with E-state index >= 15 is 0 Å². The normalized spacial score (nSPS) is 16.7. The first-order valence-electron chi connectivity index (χ1n) is 10.1. The van der Waals surface area contributed by atoms with Gasteiger partial charge < -0.3 is 10.2 Å². The first-order valence-corrected chi connectivity index (χ1v) is 10.1. The second-order valence-corrected chi connectivity index (χ2v) is 7.58. The van der Waals surface area contributed by atoms with Crippen LogP contribution >= 0.6 is 0 Å². The van der Waals surface area contributed by atoms with Gasteiger partial charge in [-0.1, -0.05) is 0 Å². The second-order valence-electron chi connectivity index (χ2n) is 7.58. The van der Waals surface area contributed by atoms with Crippen molar-refractivity contribution < 1.29 is 9.59 Å². The Morgan fingerprint density at radius 2 is 1.79 bits per heavy atom. The largest absolute Gasteiger partial charge is 0.369 e. The Morgan fingerprint density at radius 3 is 2.52 bits per heavy atom. The van der Waals surface area contributed by atoms with Crippen LogP contribution in [0.25, 0.3) is 0 Å². The third-order valence-electron chi connectivity index (χ3n) is 5.71. The van der Waals surface area contributed by atoms with Gasteiger partial charge in [-0.15, -0.1) is 0 Å². The van der Waals surface area contributed by atoms with Gasteiger partial charge in [-0.25, -0.2) is 0 Å². The molecule has 0 aromatic heterocycles. The number of amides is 1. The van der Waals surface area contributed by atoms with Crippen molar-refractivity contribution in [2.45, 2.75) is 19.3 Å². The third-order valence-corrected chi connectivity index (χ3v) is 5.71. The number of Topliss-reactive ketones (excluding diaryl/α,β-unsaturated/α-hetero) is 1. The molecule has 0 atom stereocenters. The van der Waals surface area contributed by atoms with Crippen molar-refractivity contribution in [3.8, 4) is 6.07 Å². The van der Waals surface area contributed by atoms with Crippen molar-refractivity contribution in [1.29, 1.82) is 5.26 Å². The van der Waals surface area contributed by atoms with Crippen LogP contribution in [0.2, 0.25) is 0 Å². The fourth-order valence-corrected chi connectivity index (χ4v) is 3.94. The fraction of sp³-hybridized carbons (Fsp3) is 0.348. The van der Waals surface area contributed by atoms with E-state index in [1.54, 1.807) is 0 Å². The Kier molecular flexibility index (Phi) is 5.59. The Bertz CT molecular complexity index is 954. The molecule has 1 N–H and O–H groups in total. The van der Waals surface area contributed by atoms with Crippen LogP contribution in [0.3, 0.4) is 0 Å². The lowest BCUT2D eigenvalue weighted by Crippen LogP contribution is -2.46. The molecule has 2 aliphatic rings. The highest BCUT2D eigenvalue weighted by molar-refractivity contribution is 5.99. The molecule has 0 aliphatic carbocycles. The van der Waals surface area contributed by atoms with E-state index in [-0.39, 0.29) is 11.7 Å². The van der Waals surface area contributed by atoms with Crippen molar-refractivity contribution in [3.05, 3.63) is 59.2 Å². The third kappa shape index (κ3) is 4.47. The first kappa shape index (κ1) is 19.2. The maximum Gasteiger partial charge on any atom is 0.224 e. The summed E-state index contributed by atoms with van der Waals surface area (Å²) < 4.78 is 0. The molecule has 2 aromatic rings. The lowest BCUT2D eigenvalue weighted by molar-refractivity contribution is -0.116. The smallest absolute Gasteiger partial charge is 0.224 e. The summed E-state index contributed by atoms with van der Waals surface area (Å²) in [6.45, 7) is 4.43. The van der Waals surface area contributed by atoms with Crippen LogP contribution in [-0.2, 0) is 11.2 Å². The van der Waals surface area contributed by atoms with E-state index in [2.05, 4.69) is 21.2 Å². The summed E-state index contributed by atoms with van der Waals surface area (Å²) >= 11 is 0. The Morgan fingerprint density at radius 1 is 1.03 bits per heavy atom. The molecular formula is C23H24N4O2. The van der Waals surface area contributed by atoms with Gasteiger partial charge in [0.2, 0.25) is 5.91 Å². The van der Waals surface area contributed by atoms with E-state index in [9.17, 15) is 9.59 Å². The lowest BCUT2D eigenvalue weighted by Gasteiger charge is -2.36. The van der Waals surface area contributed by atoms with Gasteiger partial charge in [-0.2, -0.15) is 5.26 Å². The number of aryl methyl sites for hydroxylation is 1. The van der Waals surface area contributed by atoms with E-state index in [0.717, 1.165) is 55.2 Å². The van der Waals surface area contributed by atoms with Gasteiger partial charge in [0.1, 0.15) is 0 Å². The molecule has 0 bridgehead atoms. The number of ketones is 1. The number of benzene rings is 2. The van der Waals surface area contributed by atoms with Crippen LogP contribution < -0.4 is 10.2 Å². The summed E-state index contributed by atoms with van der Waals surface area (Å²) in [6.07, 6.45) is 1.68. The number of anilines is 2. The van der Waals surface area contributed by atoms with Crippen LogP contribution in [-0.4, -0.2) is 49.3 Å². The van der Waals surface area contributed by atoms with Gasteiger partial charge in [0.05, 0.1) is 11.6 Å². The van der Waals surface area contributed by atoms with E-state index in [4.69, 9.17) is 5.26 Å². The highest BCUT2D eigenvalue weighted by Gasteiger charge is 2.20. The predicted molar refractivity (Wildman–Crippen MR) is 112 cm³/mol. The number of nitriles is 1. The Labute approximate surface area is 170 Å². The van der Waals surface area contributed by atoms with Crippen molar-refractivity contribution in [1.82, 2.24) is 4.90 Å². The number of hydrogen-bond donors (Lipinski definition) is 1. The number of carbonyl (C=O) groups excluding carboxylic acids is 2. The zero-order valence-corrected chi connectivity index (χ0v) is 16.4. The van der Waals surface area contributed by atoms with E-state index in [0.29, 0.717) is 24.8 Å². The van der Waals surface area contributed by atoms with Crippen LogP contribution in [0.4, 0.5) is 11.4 Å². The minimum Gasteiger partial charge on any atom is -0.369 e. The molecule has 29 heavy (non-hydrogen) atoms. The number of nitrogens with zero attached hydrogens (tertiary/aromatic N) is 3. The van der Waals surface area contributed by atoms with Crippen molar-refractivity contribution in [2.24, 2.45) is 0 Å². The summed E-state index contributed by atoms with van der Waals surface area (Å²) in [4.78, 5) is 28.7. The zero-order chi connectivity index (χ0) is 20.2. The maximum atomic E-state index is 12.6. The monoisotopic (exact) mass is 388 g/mol. The molecule has 1 amide bonds. The number of piperazine rings is 1. The summed E-state index contributed by atoms with van der Waals surface area (Å²) in [5, 5.41) is 11.8. The standard InChI is InChI=1S/C23H24N4O2/c24-16-17-1-5-20(6-2-17)27-13-11-26(12-14-27)10-9-22(28)19-3-7-21-18(15-19)4-8-23(29)25-21/h1-3,5-7,15H,4,8-14H2,(H,25,29). The quantitative estimate of drug-likeness (QED) is 0.797. The molecule has 0 radical (unpaired) electrons. The zero-order valence-electron chi connectivity index (χ0n) is 16.4. The molecular weight excluding hydrogens is 364 g/mol. The van der Waals surface area contributed by atoms with Gasteiger partial charge in [0.15, 0.2) is 5.78 Å². The number of carbonyl (C=O) groups is 2. The fourth-order valence-electron chi connectivity index (χ4n) is 3.94. The van der Waals surface area contributed by atoms with E-state index in [1.165, 1.54) is 0 Å². The van der Waals surface area contributed by atoms with Crippen LogP contribution in [0.1, 0.15) is 34.3 Å². The van der Waals surface area contributed by atoms with Crippen LogP contribution in [0.15, 0.2) is 42.5 Å². The molecule has 4 rings (SSSR count). The lowest BCUT2D eigenvalue weighted by atomic mass is 9.98. The van der Waals surface area contributed by atoms with Crippen molar-refractivity contribution >= 4 is 23.1 Å². The van der Waals surface area contributed by atoms with Crippen molar-refractivity contribution in [2.75, 3.05) is 42.9 Å². The van der Waals surface area contributed by atoms with Gasteiger partial charge in [-0.3, -0.25) is 14.5 Å². The number of rotatable bonds is 5. The molecule has 6 heteroatoms.